The molecule has 144 valence electrons. The summed E-state index contributed by atoms with van der Waals surface area (Å²) >= 11 is 0. The van der Waals surface area contributed by atoms with Crippen molar-refractivity contribution in [1.29, 1.82) is 0 Å². The molecular weight excluding hydrogens is 296 g/mol. The Hall–Kier alpha value is -0.0800. The van der Waals surface area contributed by atoms with Crippen LogP contribution < -0.4 is 0 Å². The highest BCUT2D eigenvalue weighted by atomic mass is 16.5. The predicted octanol–water partition coefficient (Wildman–Crippen LogP) is 6.21. The maximum Gasteiger partial charge on any atom is 0.0859 e. The first-order chi connectivity index (χ1) is 11.4. The van der Waals surface area contributed by atoms with Gasteiger partial charge in [-0.15, -0.1) is 0 Å². The van der Waals surface area contributed by atoms with Crippen LogP contribution in [0.3, 0.4) is 0 Å². The molecule has 2 heteroatoms. The van der Waals surface area contributed by atoms with Gasteiger partial charge in [0.2, 0.25) is 0 Å². The molecule has 0 amide bonds. The molecule has 0 saturated carbocycles. The van der Waals surface area contributed by atoms with Gasteiger partial charge in [-0.25, -0.2) is 0 Å². The van der Waals surface area contributed by atoms with E-state index in [0.717, 1.165) is 30.8 Å². The summed E-state index contributed by atoms with van der Waals surface area (Å²) < 4.78 is 5.66. The molecule has 0 bridgehead atoms. The summed E-state index contributed by atoms with van der Waals surface area (Å²) in [5.41, 5.74) is 0.208. The number of aliphatic hydroxyl groups is 1. The lowest BCUT2D eigenvalue weighted by molar-refractivity contribution is 0.00616. The van der Waals surface area contributed by atoms with Gasteiger partial charge in [-0.05, 0) is 36.0 Å². The van der Waals surface area contributed by atoms with Crippen molar-refractivity contribution < 1.29 is 9.84 Å². The van der Waals surface area contributed by atoms with Gasteiger partial charge in [-0.3, -0.25) is 0 Å². The highest BCUT2D eigenvalue weighted by Gasteiger charge is 2.38. The van der Waals surface area contributed by atoms with Crippen LogP contribution in [0.15, 0.2) is 0 Å². The van der Waals surface area contributed by atoms with Gasteiger partial charge in [0, 0.05) is 6.61 Å². The fourth-order valence-corrected chi connectivity index (χ4v) is 4.19. The van der Waals surface area contributed by atoms with Crippen LogP contribution in [-0.4, -0.2) is 24.4 Å². The van der Waals surface area contributed by atoms with Crippen LogP contribution in [-0.2, 0) is 4.74 Å². The molecular formula is C22H44O2. The number of hydrogen-bond acceptors (Lipinski definition) is 2. The van der Waals surface area contributed by atoms with Crippen molar-refractivity contribution >= 4 is 0 Å². The van der Waals surface area contributed by atoms with Gasteiger partial charge in [-0.1, -0.05) is 86.0 Å². The zero-order valence-corrected chi connectivity index (χ0v) is 17.2. The highest BCUT2D eigenvalue weighted by molar-refractivity contribution is 4.87. The van der Waals surface area contributed by atoms with Crippen molar-refractivity contribution in [2.24, 2.45) is 23.2 Å². The van der Waals surface area contributed by atoms with Gasteiger partial charge in [0.1, 0.15) is 0 Å². The van der Waals surface area contributed by atoms with Crippen molar-refractivity contribution in [2.45, 2.75) is 105 Å². The first-order valence-corrected chi connectivity index (χ1v) is 10.6. The molecule has 0 aromatic rings. The molecule has 1 heterocycles. The maximum atomic E-state index is 9.45. The van der Waals surface area contributed by atoms with E-state index in [4.69, 9.17) is 4.74 Å². The molecule has 1 aliphatic rings. The third-order valence-corrected chi connectivity index (χ3v) is 6.25. The Morgan fingerprint density at radius 1 is 0.917 bits per heavy atom. The number of ether oxygens (including phenoxy) is 1. The van der Waals surface area contributed by atoms with Crippen LogP contribution in [0.1, 0.15) is 98.8 Å². The standard InChI is InChI=1S/C22H44O2/c1-18(2)9-6-10-19(3)11-7-12-20(4)13-8-14-22(5)15-16-24-21(22)17-23/h18-21,23H,6-17H2,1-5H3. The van der Waals surface area contributed by atoms with E-state index in [1.165, 1.54) is 57.8 Å². The third-order valence-electron chi connectivity index (χ3n) is 6.25. The topological polar surface area (TPSA) is 29.5 Å². The first-order valence-electron chi connectivity index (χ1n) is 10.6. The smallest absolute Gasteiger partial charge is 0.0859 e. The average Bonchev–Trinajstić information content (AvgIpc) is 2.87. The normalized spacial score (nSPS) is 26.9. The summed E-state index contributed by atoms with van der Waals surface area (Å²) in [5.74, 6) is 2.59. The van der Waals surface area contributed by atoms with Crippen molar-refractivity contribution in [2.75, 3.05) is 13.2 Å². The summed E-state index contributed by atoms with van der Waals surface area (Å²) in [4.78, 5) is 0. The largest absolute Gasteiger partial charge is 0.394 e. The Balaban J connectivity index is 2.06. The second kappa shape index (κ2) is 11.5. The van der Waals surface area contributed by atoms with E-state index in [9.17, 15) is 5.11 Å². The fraction of sp³-hybridized carbons (Fsp3) is 1.00. The fourth-order valence-electron chi connectivity index (χ4n) is 4.19. The first kappa shape index (κ1) is 22.0. The summed E-state index contributed by atoms with van der Waals surface area (Å²) in [5, 5.41) is 9.45. The summed E-state index contributed by atoms with van der Waals surface area (Å²) in [6, 6.07) is 0. The Labute approximate surface area is 151 Å². The van der Waals surface area contributed by atoms with E-state index in [1.807, 2.05) is 0 Å². The van der Waals surface area contributed by atoms with Crippen LogP contribution in [0.25, 0.3) is 0 Å². The van der Waals surface area contributed by atoms with Crippen LogP contribution in [0, 0.1) is 23.2 Å². The number of aliphatic hydroxyl groups excluding tert-OH is 1. The lowest BCUT2D eigenvalue weighted by atomic mass is 9.78. The van der Waals surface area contributed by atoms with Gasteiger partial charge in [-0.2, -0.15) is 0 Å². The quantitative estimate of drug-likeness (QED) is 0.431. The third kappa shape index (κ3) is 8.34. The SMILES string of the molecule is CC(C)CCCC(C)CCCC(C)CCCC1(C)CCOC1CO. The van der Waals surface area contributed by atoms with Crippen LogP contribution in [0.2, 0.25) is 0 Å². The van der Waals surface area contributed by atoms with Gasteiger partial charge >= 0.3 is 0 Å². The monoisotopic (exact) mass is 340 g/mol. The summed E-state index contributed by atoms with van der Waals surface area (Å²) in [7, 11) is 0. The van der Waals surface area contributed by atoms with E-state index in [2.05, 4.69) is 34.6 Å². The molecule has 1 fully saturated rings. The van der Waals surface area contributed by atoms with Crippen molar-refractivity contribution in [1.82, 2.24) is 0 Å². The van der Waals surface area contributed by atoms with Gasteiger partial charge in [0.25, 0.3) is 0 Å². The second-order valence-corrected chi connectivity index (χ2v) is 9.30. The molecule has 1 rings (SSSR count). The zero-order valence-electron chi connectivity index (χ0n) is 17.2. The molecule has 0 aliphatic carbocycles. The Morgan fingerprint density at radius 2 is 1.46 bits per heavy atom. The zero-order chi connectivity index (χ0) is 18.0. The van der Waals surface area contributed by atoms with E-state index < -0.39 is 0 Å². The molecule has 0 aromatic carbocycles. The molecule has 2 nitrogen and oxygen atoms in total. The predicted molar refractivity (Wildman–Crippen MR) is 104 cm³/mol. The lowest BCUT2D eigenvalue weighted by Crippen LogP contribution is -2.31. The number of hydrogen-bond donors (Lipinski definition) is 1. The van der Waals surface area contributed by atoms with E-state index in [1.54, 1.807) is 0 Å². The highest BCUT2D eigenvalue weighted by Crippen LogP contribution is 2.39. The minimum atomic E-state index is 0.0690. The molecule has 1 saturated heterocycles. The molecule has 1 N–H and O–H groups in total. The van der Waals surface area contributed by atoms with E-state index in [0.29, 0.717) is 0 Å². The Kier molecular flexibility index (Phi) is 10.5. The minimum Gasteiger partial charge on any atom is -0.394 e. The summed E-state index contributed by atoms with van der Waals surface area (Å²) in [6.07, 6.45) is 13.4. The second-order valence-electron chi connectivity index (χ2n) is 9.30. The molecule has 4 unspecified atom stereocenters. The maximum absolute atomic E-state index is 9.45. The minimum absolute atomic E-state index is 0.0690. The molecule has 0 spiro atoms. The molecule has 0 aromatic heterocycles. The van der Waals surface area contributed by atoms with Crippen molar-refractivity contribution in [3.05, 3.63) is 0 Å². The van der Waals surface area contributed by atoms with Gasteiger partial charge in [0.05, 0.1) is 12.7 Å². The van der Waals surface area contributed by atoms with Gasteiger partial charge < -0.3 is 9.84 Å². The van der Waals surface area contributed by atoms with Crippen LogP contribution >= 0.6 is 0 Å². The molecule has 24 heavy (non-hydrogen) atoms. The van der Waals surface area contributed by atoms with Crippen molar-refractivity contribution in [3.63, 3.8) is 0 Å². The van der Waals surface area contributed by atoms with E-state index >= 15 is 0 Å². The van der Waals surface area contributed by atoms with Crippen molar-refractivity contribution in [3.8, 4) is 0 Å². The van der Waals surface area contributed by atoms with Crippen LogP contribution in [0.4, 0.5) is 0 Å². The van der Waals surface area contributed by atoms with E-state index in [-0.39, 0.29) is 18.1 Å². The molecule has 4 atom stereocenters. The molecule has 0 radical (unpaired) electrons. The number of rotatable bonds is 13. The van der Waals surface area contributed by atoms with Gasteiger partial charge in [0.15, 0.2) is 0 Å². The Bertz CT molecular complexity index is 315. The Morgan fingerprint density at radius 3 is 2.00 bits per heavy atom. The van der Waals surface area contributed by atoms with Crippen LogP contribution in [0.5, 0.6) is 0 Å². The lowest BCUT2D eigenvalue weighted by Gasteiger charge is -2.29. The summed E-state index contributed by atoms with van der Waals surface area (Å²) in [6.45, 7) is 12.8. The average molecular weight is 341 g/mol. The molecule has 1 aliphatic heterocycles.